The molecule has 0 atom stereocenters. The van der Waals surface area contributed by atoms with E-state index >= 15 is 0 Å². The highest BCUT2D eigenvalue weighted by Crippen LogP contribution is 2.30. The van der Waals surface area contributed by atoms with Crippen LogP contribution in [0, 0.1) is 11.3 Å². The van der Waals surface area contributed by atoms with Crippen LogP contribution in [0.4, 0.5) is 17.1 Å². The molecule has 0 aliphatic heterocycles. The van der Waals surface area contributed by atoms with Crippen molar-refractivity contribution in [2.24, 2.45) is 24.3 Å². The number of imidazole rings is 1. The first-order valence-electron chi connectivity index (χ1n) is 9.28. The maximum atomic E-state index is 8.78. The lowest BCUT2D eigenvalue weighted by molar-refractivity contribution is -0.645. The van der Waals surface area contributed by atoms with Gasteiger partial charge in [-0.25, -0.2) is 9.13 Å². The molecule has 1 aromatic heterocycles. The van der Waals surface area contributed by atoms with Crippen LogP contribution in [-0.4, -0.2) is 24.1 Å². The monoisotopic (exact) mass is 426 g/mol. The molecule has 0 spiro atoms. The number of carbonyl (C=O) groups excluding carboxylic acids is 1. The number of aryl methyl sites for hydroxylation is 2. The molecule has 0 aliphatic carbocycles. The number of nitriles is 1. The molecular formula is C21H23ClN6O2. The van der Waals surface area contributed by atoms with Crippen LogP contribution in [0.2, 0.25) is 5.02 Å². The van der Waals surface area contributed by atoms with Gasteiger partial charge in [0.15, 0.2) is 5.52 Å². The number of anilines is 1. The quantitative estimate of drug-likeness (QED) is 0.343. The molecule has 30 heavy (non-hydrogen) atoms. The Morgan fingerprint density at radius 2 is 1.97 bits per heavy atom. The van der Waals surface area contributed by atoms with E-state index < -0.39 is 6.47 Å². The van der Waals surface area contributed by atoms with Gasteiger partial charge < -0.3 is 14.8 Å². The highest BCUT2D eigenvalue weighted by atomic mass is 35.5. The van der Waals surface area contributed by atoms with E-state index in [0.29, 0.717) is 11.4 Å². The Balaban J connectivity index is 0.00000101. The first-order valence-corrected chi connectivity index (χ1v) is 9.66. The third kappa shape index (κ3) is 5.55. The lowest BCUT2D eigenvalue weighted by Crippen LogP contribution is -2.25. The number of carboxylic acid groups (broad SMARTS) is 1. The van der Waals surface area contributed by atoms with Crippen molar-refractivity contribution >= 4 is 46.2 Å². The molecule has 1 heterocycles. The molecule has 3 aromatic rings. The smallest absolute Gasteiger partial charge is 0.244 e. The zero-order chi connectivity index (χ0) is 22.1. The number of azo groups is 1. The van der Waals surface area contributed by atoms with Gasteiger partial charge in [0, 0.05) is 36.3 Å². The van der Waals surface area contributed by atoms with Gasteiger partial charge in [0.25, 0.3) is 0 Å². The number of hydrogen-bond acceptors (Lipinski definition) is 6. The fourth-order valence-corrected chi connectivity index (χ4v) is 3.36. The van der Waals surface area contributed by atoms with Crippen molar-refractivity contribution < 1.29 is 14.5 Å². The number of nitrogens with zero attached hydrogens (tertiary/aromatic N) is 6. The van der Waals surface area contributed by atoms with Crippen molar-refractivity contribution in [1.82, 2.24) is 4.57 Å². The van der Waals surface area contributed by atoms with E-state index in [9.17, 15) is 0 Å². The zero-order valence-electron chi connectivity index (χ0n) is 17.1. The molecule has 0 saturated heterocycles. The number of rotatable bonds is 6. The highest BCUT2D eigenvalue weighted by molar-refractivity contribution is 6.31. The van der Waals surface area contributed by atoms with Crippen molar-refractivity contribution in [3.8, 4) is 6.07 Å². The van der Waals surface area contributed by atoms with Gasteiger partial charge in [-0.1, -0.05) is 11.6 Å². The molecule has 0 radical (unpaired) electrons. The molecule has 0 saturated carbocycles. The zero-order valence-corrected chi connectivity index (χ0v) is 17.9. The van der Waals surface area contributed by atoms with Crippen LogP contribution >= 0.6 is 11.6 Å². The summed E-state index contributed by atoms with van der Waals surface area (Å²) in [6.07, 6.45) is 2.49. The Bertz CT molecular complexity index is 1070. The molecular weight excluding hydrogens is 404 g/mol. The summed E-state index contributed by atoms with van der Waals surface area (Å²) in [6, 6.07) is 13.8. The topological polar surface area (TPSA) is 101 Å². The number of fused-ring (bicyclic) bond motifs is 1. The van der Waals surface area contributed by atoms with E-state index in [1.54, 1.807) is 0 Å². The van der Waals surface area contributed by atoms with E-state index in [1.165, 1.54) is 0 Å². The number of aromatic nitrogens is 2. The summed E-state index contributed by atoms with van der Waals surface area (Å²) in [5.74, 6) is 0. The van der Waals surface area contributed by atoms with Gasteiger partial charge in [-0.05, 0) is 37.3 Å². The van der Waals surface area contributed by atoms with Gasteiger partial charge >= 0.3 is 0 Å². The fourth-order valence-electron chi connectivity index (χ4n) is 3.15. The van der Waals surface area contributed by atoms with Crippen molar-refractivity contribution in [2.45, 2.75) is 13.3 Å². The number of hydrogen-bond donors (Lipinski definition) is 0. The summed E-state index contributed by atoms with van der Waals surface area (Å²) < 4.78 is 4.02. The minimum atomic E-state index is -0.500. The van der Waals surface area contributed by atoms with Crippen LogP contribution in [-0.2, 0) is 18.9 Å². The summed E-state index contributed by atoms with van der Waals surface area (Å²) in [6.45, 7) is 3.15. The standard InChI is InChI=1S/C20H22ClN6.CH2O2/c1-4-27(11-5-10-22)17-8-6-16(7-9-17)23-24-18-12-15(21)13-19-20(18)26(3)14-25(19)2;2-1-3/h6-9,12-14H,4-5,11H2,1-3H3;1H,(H,2,3)/q+1;/p-1. The Hall–Kier alpha value is -3.44. The summed E-state index contributed by atoms with van der Waals surface area (Å²) >= 11 is 6.25. The van der Waals surface area contributed by atoms with Crippen LogP contribution in [0.15, 0.2) is 53.0 Å². The van der Waals surface area contributed by atoms with E-state index in [-0.39, 0.29) is 0 Å². The first kappa shape index (κ1) is 22.8. The average molecular weight is 427 g/mol. The van der Waals surface area contributed by atoms with Crippen molar-refractivity contribution in [2.75, 3.05) is 18.0 Å². The predicted molar refractivity (Wildman–Crippen MR) is 114 cm³/mol. The summed E-state index contributed by atoms with van der Waals surface area (Å²) in [4.78, 5) is 10.4. The normalized spacial score (nSPS) is 10.5. The minimum absolute atomic E-state index is 0.500. The summed E-state index contributed by atoms with van der Waals surface area (Å²) in [5.41, 5.74) is 4.56. The molecule has 3 rings (SSSR count). The maximum Gasteiger partial charge on any atom is 0.244 e. The maximum absolute atomic E-state index is 8.78. The molecule has 0 bridgehead atoms. The van der Waals surface area contributed by atoms with E-state index in [0.717, 1.165) is 41.2 Å². The van der Waals surface area contributed by atoms with Crippen molar-refractivity contribution in [3.05, 3.63) is 47.7 Å². The third-order valence-electron chi connectivity index (χ3n) is 4.48. The van der Waals surface area contributed by atoms with Gasteiger partial charge in [0.1, 0.15) is 5.69 Å². The van der Waals surface area contributed by atoms with Crippen LogP contribution in [0.1, 0.15) is 13.3 Å². The third-order valence-corrected chi connectivity index (χ3v) is 4.70. The Morgan fingerprint density at radius 3 is 2.57 bits per heavy atom. The Labute approximate surface area is 180 Å². The summed E-state index contributed by atoms with van der Waals surface area (Å²) in [7, 11) is 3.95. The Morgan fingerprint density at radius 1 is 1.30 bits per heavy atom. The SMILES string of the molecule is CCN(CCC#N)c1ccc(N=Nc2cc(Cl)cc3c2[n+](C)cn3C)cc1.O=C[O-]. The molecule has 0 N–H and O–H groups in total. The van der Waals surface area contributed by atoms with Gasteiger partial charge in [0.2, 0.25) is 11.8 Å². The van der Waals surface area contributed by atoms with E-state index in [4.69, 9.17) is 26.8 Å². The number of carbonyl (C=O) groups is 1. The fraction of sp³-hybridized carbons (Fsp3) is 0.286. The van der Waals surface area contributed by atoms with Gasteiger partial charge in [0.05, 0.1) is 32.3 Å². The second kappa shape index (κ2) is 10.9. The predicted octanol–water partition coefficient (Wildman–Crippen LogP) is 3.18. The van der Waals surface area contributed by atoms with Crippen molar-refractivity contribution in [3.63, 3.8) is 0 Å². The van der Waals surface area contributed by atoms with Crippen molar-refractivity contribution in [1.29, 1.82) is 5.26 Å². The van der Waals surface area contributed by atoms with Crippen LogP contribution in [0.5, 0.6) is 0 Å². The molecule has 0 unspecified atom stereocenters. The van der Waals surface area contributed by atoms with Gasteiger partial charge in [-0.3, -0.25) is 0 Å². The molecule has 0 aliphatic rings. The minimum Gasteiger partial charge on any atom is -0.554 e. The largest absolute Gasteiger partial charge is 0.554 e. The highest BCUT2D eigenvalue weighted by Gasteiger charge is 2.16. The summed E-state index contributed by atoms with van der Waals surface area (Å²) in [5, 5.41) is 26.5. The Kier molecular flexibility index (Phi) is 8.32. The number of benzene rings is 2. The lowest BCUT2D eigenvalue weighted by Gasteiger charge is -2.21. The molecule has 2 aromatic carbocycles. The molecule has 156 valence electrons. The molecule has 0 fully saturated rings. The first-order chi connectivity index (χ1) is 14.4. The van der Waals surface area contributed by atoms with E-state index in [1.807, 2.05) is 66.0 Å². The second-order valence-electron chi connectivity index (χ2n) is 6.43. The number of halogens is 1. The molecule has 8 nitrogen and oxygen atoms in total. The van der Waals surface area contributed by atoms with Crippen LogP contribution in [0.3, 0.4) is 0 Å². The van der Waals surface area contributed by atoms with Gasteiger partial charge in [-0.2, -0.15) is 10.4 Å². The van der Waals surface area contributed by atoms with Gasteiger partial charge in [-0.15, -0.1) is 5.11 Å². The second-order valence-corrected chi connectivity index (χ2v) is 6.87. The average Bonchev–Trinajstić information content (AvgIpc) is 3.01. The van der Waals surface area contributed by atoms with Crippen LogP contribution < -0.4 is 14.6 Å². The molecule has 9 heteroatoms. The van der Waals surface area contributed by atoms with Crippen LogP contribution in [0.25, 0.3) is 11.0 Å². The lowest BCUT2D eigenvalue weighted by atomic mass is 10.2. The van der Waals surface area contributed by atoms with E-state index in [2.05, 4.69) is 28.1 Å². The molecule has 0 amide bonds.